The average molecular weight is 343 g/mol. The van der Waals surface area contributed by atoms with Crippen LogP contribution in [0.25, 0.3) is 0 Å². The summed E-state index contributed by atoms with van der Waals surface area (Å²) in [5.74, 6) is -2.00. The predicted molar refractivity (Wildman–Crippen MR) is 80.4 cm³/mol. The van der Waals surface area contributed by atoms with E-state index in [1.165, 1.54) is 30.2 Å². The summed E-state index contributed by atoms with van der Waals surface area (Å²) in [4.78, 5) is 25.3. The minimum absolute atomic E-state index is 0.0148. The number of likely N-dealkylation sites (tertiary alicyclic amines) is 1. The maximum atomic E-state index is 12.6. The summed E-state index contributed by atoms with van der Waals surface area (Å²) in [5, 5.41) is 9.18. The molecule has 6 nitrogen and oxygen atoms in total. The molecule has 132 valence electrons. The van der Waals surface area contributed by atoms with Crippen molar-refractivity contribution in [3.63, 3.8) is 0 Å². The molecular weight excluding hydrogens is 324 g/mol. The average Bonchev–Trinajstić information content (AvgIpc) is 2.53. The van der Waals surface area contributed by atoms with Crippen LogP contribution in [0.15, 0.2) is 18.2 Å². The van der Waals surface area contributed by atoms with E-state index >= 15 is 0 Å². The Bertz CT molecular complexity index is 622. The number of halogens is 2. The number of hydrogen-bond acceptors (Lipinski definition) is 4. The second kappa shape index (κ2) is 7.46. The minimum atomic E-state index is -3.00. The molecule has 2 rings (SSSR count). The smallest absolute Gasteiger partial charge is 0.387 e. The van der Waals surface area contributed by atoms with Crippen molar-refractivity contribution in [1.29, 1.82) is 0 Å². The lowest BCUT2D eigenvalue weighted by Gasteiger charge is -2.34. The lowest BCUT2D eigenvalue weighted by molar-refractivity contribution is -0.143. The van der Waals surface area contributed by atoms with Gasteiger partial charge in [0.2, 0.25) is 0 Å². The van der Waals surface area contributed by atoms with Crippen molar-refractivity contribution in [2.45, 2.75) is 20.0 Å². The van der Waals surface area contributed by atoms with Gasteiger partial charge in [-0.2, -0.15) is 8.78 Å². The fraction of sp³-hybridized carbons (Fsp3) is 0.500. The first-order chi connectivity index (χ1) is 11.3. The molecule has 1 N–H and O–H groups in total. The Labute approximate surface area is 138 Å². The molecule has 1 amide bonds. The second-order valence-electron chi connectivity index (χ2n) is 5.83. The lowest BCUT2D eigenvalue weighted by Crippen LogP contribution is -2.45. The third kappa shape index (κ3) is 4.12. The van der Waals surface area contributed by atoms with E-state index in [9.17, 15) is 23.5 Å². The largest absolute Gasteiger partial charge is 0.493 e. The highest BCUT2D eigenvalue weighted by Gasteiger charge is 2.32. The highest BCUT2D eigenvalue weighted by Crippen LogP contribution is 2.31. The summed E-state index contributed by atoms with van der Waals surface area (Å²) >= 11 is 0. The topological polar surface area (TPSA) is 76.1 Å². The Balaban J connectivity index is 2.21. The molecular formula is C16H19F2NO5. The van der Waals surface area contributed by atoms with E-state index in [1.807, 2.05) is 6.92 Å². The van der Waals surface area contributed by atoms with Gasteiger partial charge in [0.05, 0.1) is 13.0 Å². The molecule has 8 heteroatoms. The molecule has 1 aromatic carbocycles. The number of piperidine rings is 1. The third-order valence-electron chi connectivity index (χ3n) is 3.92. The van der Waals surface area contributed by atoms with Gasteiger partial charge in [-0.05, 0) is 30.5 Å². The highest BCUT2D eigenvalue weighted by atomic mass is 19.3. The summed E-state index contributed by atoms with van der Waals surface area (Å²) in [6.45, 7) is -0.550. The molecule has 0 saturated carbocycles. The Morgan fingerprint density at radius 3 is 2.58 bits per heavy atom. The quantitative estimate of drug-likeness (QED) is 0.889. The van der Waals surface area contributed by atoms with Crippen molar-refractivity contribution in [2.75, 3.05) is 20.2 Å². The van der Waals surface area contributed by atoms with Gasteiger partial charge >= 0.3 is 12.6 Å². The number of rotatable bonds is 5. The van der Waals surface area contributed by atoms with Crippen LogP contribution in [-0.2, 0) is 4.79 Å². The number of ether oxygens (including phenoxy) is 2. The Morgan fingerprint density at radius 2 is 2.00 bits per heavy atom. The van der Waals surface area contributed by atoms with Crippen LogP contribution in [0, 0.1) is 11.8 Å². The fourth-order valence-electron chi connectivity index (χ4n) is 2.87. The summed E-state index contributed by atoms with van der Waals surface area (Å²) in [5.41, 5.74) is 0.228. The van der Waals surface area contributed by atoms with Crippen molar-refractivity contribution >= 4 is 11.9 Å². The molecule has 24 heavy (non-hydrogen) atoms. The molecule has 1 fully saturated rings. The van der Waals surface area contributed by atoms with Gasteiger partial charge in [-0.1, -0.05) is 6.92 Å². The van der Waals surface area contributed by atoms with Crippen LogP contribution in [0.5, 0.6) is 11.5 Å². The van der Waals surface area contributed by atoms with Gasteiger partial charge in [0.25, 0.3) is 5.91 Å². The number of amides is 1. The molecule has 0 spiro atoms. The van der Waals surface area contributed by atoms with Gasteiger partial charge < -0.3 is 19.5 Å². The van der Waals surface area contributed by atoms with Crippen LogP contribution in [-0.4, -0.2) is 48.7 Å². The summed E-state index contributed by atoms with van der Waals surface area (Å²) < 4.78 is 34.0. The molecule has 2 unspecified atom stereocenters. The third-order valence-corrected chi connectivity index (χ3v) is 3.92. The summed E-state index contributed by atoms with van der Waals surface area (Å²) in [6.07, 6.45) is 0.517. The molecule has 0 aliphatic carbocycles. The zero-order chi connectivity index (χ0) is 17.9. The van der Waals surface area contributed by atoms with Crippen molar-refractivity contribution in [3.05, 3.63) is 23.8 Å². The SMILES string of the molecule is COc1cc(C(=O)N2CC(C)CC(C(=O)O)C2)ccc1OC(F)F. The first-order valence-corrected chi connectivity index (χ1v) is 7.46. The predicted octanol–water partition coefficient (Wildman–Crippen LogP) is 2.48. The summed E-state index contributed by atoms with van der Waals surface area (Å²) in [6, 6.07) is 3.91. The molecule has 1 saturated heterocycles. The zero-order valence-electron chi connectivity index (χ0n) is 13.4. The highest BCUT2D eigenvalue weighted by molar-refractivity contribution is 5.95. The van der Waals surface area contributed by atoms with Crippen molar-refractivity contribution in [1.82, 2.24) is 4.90 Å². The Hall–Kier alpha value is -2.38. The number of alkyl halides is 2. The van der Waals surface area contributed by atoms with Crippen molar-refractivity contribution in [3.8, 4) is 11.5 Å². The molecule has 0 bridgehead atoms. The molecule has 1 aromatic rings. The van der Waals surface area contributed by atoms with Crippen LogP contribution in [0.4, 0.5) is 8.78 Å². The van der Waals surface area contributed by atoms with E-state index in [-0.39, 0.29) is 35.4 Å². The Morgan fingerprint density at radius 1 is 1.29 bits per heavy atom. The van der Waals surface area contributed by atoms with Crippen LogP contribution in [0.2, 0.25) is 0 Å². The number of nitrogens with zero attached hydrogens (tertiary/aromatic N) is 1. The maximum absolute atomic E-state index is 12.6. The standard InChI is InChI=1S/C16H19F2NO5/c1-9-5-11(15(21)22)8-19(7-9)14(20)10-3-4-12(24-16(17)18)13(6-10)23-2/h3-4,6,9,11,16H,5,7-8H2,1-2H3,(H,21,22). The van der Waals surface area contributed by atoms with Crippen LogP contribution in [0.3, 0.4) is 0 Å². The van der Waals surface area contributed by atoms with Crippen LogP contribution >= 0.6 is 0 Å². The number of carboxylic acids is 1. The molecule has 0 aromatic heterocycles. The van der Waals surface area contributed by atoms with Crippen LogP contribution < -0.4 is 9.47 Å². The van der Waals surface area contributed by atoms with Crippen LogP contribution in [0.1, 0.15) is 23.7 Å². The molecule has 0 radical (unpaired) electrons. The number of aliphatic carboxylic acids is 1. The molecule has 1 heterocycles. The molecule has 2 atom stereocenters. The zero-order valence-corrected chi connectivity index (χ0v) is 13.4. The van der Waals surface area contributed by atoms with Gasteiger partial charge in [-0.15, -0.1) is 0 Å². The minimum Gasteiger partial charge on any atom is -0.493 e. The van der Waals surface area contributed by atoms with E-state index < -0.39 is 18.5 Å². The van der Waals surface area contributed by atoms with Gasteiger partial charge in [-0.3, -0.25) is 9.59 Å². The number of carbonyl (C=O) groups excluding carboxylic acids is 1. The number of carbonyl (C=O) groups is 2. The Kier molecular flexibility index (Phi) is 5.58. The molecule has 1 aliphatic rings. The van der Waals surface area contributed by atoms with Crippen molar-refractivity contribution < 1.29 is 33.0 Å². The van der Waals surface area contributed by atoms with Crippen molar-refractivity contribution in [2.24, 2.45) is 11.8 Å². The second-order valence-corrected chi connectivity index (χ2v) is 5.83. The van der Waals surface area contributed by atoms with Gasteiger partial charge in [0.1, 0.15) is 0 Å². The van der Waals surface area contributed by atoms with E-state index in [4.69, 9.17) is 4.74 Å². The van der Waals surface area contributed by atoms with Gasteiger partial charge in [0.15, 0.2) is 11.5 Å². The van der Waals surface area contributed by atoms with E-state index in [2.05, 4.69) is 4.74 Å². The number of carboxylic acid groups (broad SMARTS) is 1. The first kappa shape index (κ1) is 18.0. The number of benzene rings is 1. The number of hydrogen-bond donors (Lipinski definition) is 1. The molecule has 1 aliphatic heterocycles. The van der Waals surface area contributed by atoms with Gasteiger partial charge in [0, 0.05) is 18.7 Å². The lowest BCUT2D eigenvalue weighted by atomic mass is 9.90. The van der Waals surface area contributed by atoms with Gasteiger partial charge in [-0.25, -0.2) is 0 Å². The first-order valence-electron chi connectivity index (χ1n) is 7.46. The van der Waals surface area contributed by atoms with E-state index in [0.29, 0.717) is 13.0 Å². The van der Waals surface area contributed by atoms with E-state index in [1.54, 1.807) is 0 Å². The fourth-order valence-corrected chi connectivity index (χ4v) is 2.87. The normalized spacial score (nSPS) is 20.8. The van der Waals surface area contributed by atoms with E-state index in [0.717, 1.165) is 0 Å². The monoisotopic (exact) mass is 343 g/mol. The number of methoxy groups -OCH3 is 1. The summed E-state index contributed by atoms with van der Waals surface area (Å²) in [7, 11) is 1.28. The maximum Gasteiger partial charge on any atom is 0.387 e.